The first kappa shape index (κ1) is 15.6. The van der Waals surface area contributed by atoms with Gasteiger partial charge < -0.3 is 10.3 Å². The molecule has 0 unspecified atom stereocenters. The van der Waals surface area contributed by atoms with Crippen LogP contribution in [0.4, 0.5) is 0 Å². The lowest BCUT2D eigenvalue weighted by Crippen LogP contribution is -2.25. The van der Waals surface area contributed by atoms with E-state index in [1.54, 1.807) is 24.3 Å². The van der Waals surface area contributed by atoms with Crippen LogP contribution in [0.5, 0.6) is 0 Å². The highest BCUT2D eigenvalue weighted by Crippen LogP contribution is 2.23. The van der Waals surface area contributed by atoms with E-state index in [0.29, 0.717) is 17.1 Å². The zero-order valence-corrected chi connectivity index (χ0v) is 14.0. The molecule has 0 saturated heterocycles. The number of nitrogens with one attached hydrogen (secondary N) is 2. The number of aromatic nitrogens is 1. The van der Waals surface area contributed by atoms with Crippen molar-refractivity contribution in [3.05, 3.63) is 69.9 Å². The Morgan fingerprint density at radius 1 is 1.17 bits per heavy atom. The van der Waals surface area contributed by atoms with E-state index in [1.165, 1.54) is 16.5 Å². The maximum atomic E-state index is 12.2. The number of rotatable bonds is 4. The van der Waals surface area contributed by atoms with Gasteiger partial charge in [-0.15, -0.1) is 0 Å². The maximum Gasteiger partial charge on any atom is 0.251 e. The molecule has 3 rings (SSSR count). The highest BCUT2D eigenvalue weighted by Gasteiger charge is 2.10. The summed E-state index contributed by atoms with van der Waals surface area (Å²) in [6.07, 6.45) is 0.793. The molecule has 0 aliphatic rings. The molecular formula is C19H19ClN2O. The standard InChI is InChI=1S/C19H19ClN2O/c1-12-6-7-18-17(10-12)16(13(2)22-18)8-9-21-19(23)14-4-3-5-15(20)11-14/h3-7,10-11,22H,8-9H2,1-2H3,(H,21,23). The fraction of sp³-hybridized carbons (Fsp3) is 0.211. The first-order valence-electron chi connectivity index (χ1n) is 7.66. The van der Waals surface area contributed by atoms with Gasteiger partial charge in [-0.25, -0.2) is 0 Å². The average Bonchev–Trinajstić information content (AvgIpc) is 2.83. The molecule has 0 atom stereocenters. The van der Waals surface area contributed by atoms with E-state index in [2.05, 4.69) is 42.3 Å². The second-order valence-corrected chi connectivity index (χ2v) is 6.23. The van der Waals surface area contributed by atoms with Crippen molar-refractivity contribution in [1.82, 2.24) is 10.3 Å². The third kappa shape index (κ3) is 3.40. The number of benzene rings is 2. The molecule has 0 aliphatic carbocycles. The second kappa shape index (κ2) is 6.47. The Morgan fingerprint density at radius 2 is 2.00 bits per heavy atom. The molecule has 1 heterocycles. The smallest absolute Gasteiger partial charge is 0.251 e. The first-order valence-corrected chi connectivity index (χ1v) is 8.04. The van der Waals surface area contributed by atoms with Gasteiger partial charge in [0.2, 0.25) is 0 Å². The fourth-order valence-corrected chi connectivity index (χ4v) is 3.04. The molecule has 0 radical (unpaired) electrons. The molecule has 118 valence electrons. The van der Waals surface area contributed by atoms with Crippen molar-refractivity contribution in [2.75, 3.05) is 6.54 Å². The molecule has 0 aliphatic heterocycles. The SMILES string of the molecule is Cc1ccc2[nH]c(C)c(CCNC(=O)c3cccc(Cl)c3)c2c1. The quantitative estimate of drug-likeness (QED) is 0.733. The van der Waals surface area contributed by atoms with Gasteiger partial charge in [-0.05, 0) is 56.2 Å². The Labute approximate surface area is 140 Å². The second-order valence-electron chi connectivity index (χ2n) is 5.79. The van der Waals surface area contributed by atoms with Crippen LogP contribution in [0.1, 0.15) is 27.2 Å². The number of carbonyl (C=O) groups excluding carboxylic acids is 1. The number of amides is 1. The summed E-state index contributed by atoms with van der Waals surface area (Å²) in [7, 11) is 0. The highest BCUT2D eigenvalue weighted by atomic mass is 35.5. The third-order valence-corrected chi connectivity index (χ3v) is 4.26. The van der Waals surface area contributed by atoms with Crippen LogP contribution >= 0.6 is 11.6 Å². The van der Waals surface area contributed by atoms with Gasteiger partial charge in [-0.1, -0.05) is 29.3 Å². The molecule has 2 N–H and O–H groups in total. The first-order chi connectivity index (χ1) is 11.0. The van der Waals surface area contributed by atoms with Crippen molar-refractivity contribution >= 4 is 28.4 Å². The van der Waals surface area contributed by atoms with Gasteiger partial charge in [-0.2, -0.15) is 0 Å². The van der Waals surface area contributed by atoms with Gasteiger partial charge >= 0.3 is 0 Å². The lowest BCUT2D eigenvalue weighted by atomic mass is 10.1. The molecule has 3 aromatic rings. The van der Waals surface area contributed by atoms with Gasteiger partial charge in [0.15, 0.2) is 0 Å². The van der Waals surface area contributed by atoms with Crippen LogP contribution < -0.4 is 5.32 Å². The maximum absolute atomic E-state index is 12.2. The Kier molecular flexibility index (Phi) is 4.39. The number of aromatic amines is 1. The van der Waals surface area contributed by atoms with Crippen molar-refractivity contribution < 1.29 is 4.79 Å². The predicted octanol–water partition coefficient (Wildman–Crippen LogP) is 4.41. The minimum Gasteiger partial charge on any atom is -0.358 e. The molecule has 3 nitrogen and oxygen atoms in total. The van der Waals surface area contributed by atoms with Crippen molar-refractivity contribution in [2.24, 2.45) is 0 Å². The lowest BCUT2D eigenvalue weighted by molar-refractivity contribution is 0.0954. The molecule has 1 amide bonds. The van der Waals surface area contributed by atoms with Crippen molar-refractivity contribution in [1.29, 1.82) is 0 Å². The van der Waals surface area contributed by atoms with Crippen LogP contribution in [-0.2, 0) is 6.42 Å². The number of aryl methyl sites for hydroxylation is 2. The van der Waals surface area contributed by atoms with Crippen molar-refractivity contribution in [2.45, 2.75) is 20.3 Å². The molecular weight excluding hydrogens is 308 g/mol. The van der Waals surface area contributed by atoms with E-state index in [0.717, 1.165) is 17.6 Å². The summed E-state index contributed by atoms with van der Waals surface area (Å²) in [5, 5.41) is 4.77. The Morgan fingerprint density at radius 3 is 2.78 bits per heavy atom. The van der Waals surface area contributed by atoms with Crippen LogP contribution in [0, 0.1) is 13.8 Å². The van der Waals surface area contributed by atoms with Gasteiger partial charge in [0.25, 0.3) is 5.91 Å². The Balaban J connectivity index is 1.70. The van der Waals surface area contributed by atoms with E-state index in [4.69, 9.17) is 11.6 Å². The molecule has 2 aromatic carbocycles. The largest absolute Gasteiger partial charge is 0.358 e. The summed E-state index contributed by atoms with van der Waals surface area (Å²) in [6.45, 7) is 4.75. The monoisotopic (exact) mass is 326 g/mol. The average molecular weight is 327 g/mol. The molecule has 0 fully saturated rings. The van der Waals surface area contributed by atoms with Gasteiger partial charge in [0, 0.05) is 33.7 Å². The summed E-state index contributed by atoms with van der Waals surface area (Å²) in [4.78, 5) is 15.6. The Bertz CT molecular complexity index is 867. The van der Waals surface area contributed by atoms with Crippen molar-refractivity contribution in [3.63, 3.8) is 0 Å². The molecule has 4 heteroatoms. The lowest BCUT2D eigenvalue weighted by Gasteiger charge is -2.06. The number of fused-ring (bicyclic) bond motifs is 1. The number of carbonyl (C=O) groups is 1. The zero-order valence-electron chi connectivity index (χ0n) is 13.2. The van der Waals surface area contributed by atoms with Crippen LogP contribution in [0.25, 0.3) is 10.9 Å². The highest BCUT2D eigenvalue weighted by molar-refractivity contribution is 6.30. The summed E-state index contributed by atoms with van der Waals surface area (Å²) < 4.78 is 0. The van der Waals surface area contributed by atoms with Gasteiger partial charge in [-0.3, -0.25) is 4.79 Å². The predicted molar refractivity (Wildman–Crippen MR) is 95.3 cm³/mol. The molecule has 23 heavy (non-hydrogen) atoms. The minimum atomic E-state index is -0.0961. The number of hydrogen-bond acceptors (Lipinski definition) is 1. The number of hydrogen-bond donors (Lipinski definition) is 2. The van der Waals surface area contributed by atoms with Gasteiger partial charge in [0.1, 0.15) is 0 Å². The summed E-state index contributed by atoms with van der Waals surface area (Å²) in [6, 6.07) is 13.4. The molecule has 0 saturated carbocycles. The van der Waals surface area contributed by atoms with Crippen LogP contribution in [-0.4, -0.2) is 17.4 Å². The van der Waals surface area contributed by atoms with Crippen LogP contribution in [0.3, 0.4) is 0 Å². The molecule has 0 spiro atoms. The molecule has 1 aromatic heterocycles. The topological polar surface area (TPSA) is 44.9 Å². The summed E-state index contributed by atoms with van der Waals surface area (Å²) in [5.74, 6) is -0.0961. The Hall–Kier alpha value is -2.26. The van der Waals surface area contributed by atoms with Crippen molar-refractivity contribution in [3.8, 4) is 0 Å². The van der Waals surface area contributed by atoms with E-state index in [9.17, 15) is 4.79 Å². The van der Waals surface area contributed by atoms with E-state index >= 15 is 0 Å². The van der Waals surface area contributed by atoms with E-state index in [-0.39, 0.29) is 5.91 Å². The van der Waals surface area contributed by atoms with Crippen LogP contribution in [0.15, 0.2) is 42.5 Å². The minimum absolute atomic E-state index is 0.0961. The number of halogens is 1. The van der Waals surface area contributed by atoms with E-state index in [1.807, 2.05) is 0 Å². The number of H-pyrrole nitrogens is 1. The zero-order chi connectivity index (χ0) is 16.4. The van der Waals surface area contributed by atoms with Crippen LogP contribution in [0.2, 0.25) is 5.02 Å². The molecule has 0 bridgehead atoms. The summed E-state index contributed by atoms with van der Waals surface area (Å²) in [5.41, 5.74) is 5.38. The summed E-state index contributed by atoms with van der Waals surface area (Å²) >= 11 is 5.92. The fourth-order valence-electron chi connectivity index (χ4n) is 2.85. The van der Waals surface area contributed by atoms with E-state index < -0.39 is 0 Å². The van der Waals surface area contributed by atoms with Gasteiger partial charge in [0.05, 0.1) is 0 Å². The normalized spacial score (nSPS) is 10.9. The third-order valence-electron chi connectivity index (χ3n) is 4.02.